The summed E-state index contributed by atoms with van der Waals surface area (Å²) in [5.74, 6) is 0.139. The number of aliphatic hydroxyl groups excluding tert-OH is 1. The SMILES string of the molecule is CC12Cc3[n-]ccc3C34CCCC5CCC1CC(=C(C(=O)O)C3O)C524. The highest BCUT2D eigenvalue weighted by molar-refractivity contribution is 5.92. The Morgan fingerprint density at radius 3 is 2.88 bits per heavy atom. The number of fused-ring (bicyclic) bond motifs is 1. The minimum absolute atomic E-state index is 0.0399. The predicted molar refractivity (Wildman–Crippen MR) is 91.0 cm³/mol. The maximum atomic E-state index is 12.2. The fourth-order valence-electron chi connectivity index (χ4n) is 8.75. The van der Waals surface area contributed by atoms with Crippen molar-refractivity contribution in [1.29, 1.82) is 0 Å². The fraction of sp³-hybridized carbons (Fsp3) is 0.667. The first kappa shape index (κ1) is 14.6. The van der Waals surface area contributed by atoms with E-state index in [-0.39, 0.29) is 10.8 Å². The molecule has 132 valence electrons. The molecule has 6 rings (SSSR count). The minimum atomic E-state index is -0.901. The molecule has 6 unspecified atom stereocenters. The standard InChI is InChI=1S/C21H24NO3/c1-19-10-15-13(6-8-22-15)20-7-2-3-11-4-5-12(19)9-14(21(11,19)20)16(17(20)23)18(24)25/h6,8,11-12,17,23H,2-5,7,9-10H2,1H3,(H,24,25)/q-1. The first-order valence-electron chi connectivity index (χ1n) is 9.74. The Balaban J connectivity index is 1.79. The van der Waals surface area contributed by atoms with Crippen molar-refractivity contribution in [2.24, 2.45) is 22.7 Å². The van der Waals surface area contributed by atoms with Crippen LogP contribution in [-0.2, 0) is 16.6 Å². The summed E-state index contributed by atoms with van der Waals surface area (Å²) in [4.78, 5) is 16.9. The number of aliphatic carboxylic acids is 1. The topological polar surface area (TPSA) is 71.6 Å². The predicted octanol–water partition coefficient (Wildman–Crippen LogP) is 2.80. The van der Waals surface area contributed by atoms with Crippen molar-refractivity contribution in [3.63, 3.8) is 0 Å². The largest absolute Gasteiger partial charge is 0.667 e. The maximum absolute atomic E-state index is 12.2. The van der Waals surface area contributed by atoms with Gasteiger partial charge in [-0.05, 0) is 61.3 Å². The molecule has 1 heterocycles. The number of aromatic nitrogens is 1. The van der Waals surface area contributed by atoms with E-state index in [4.69, 9.17) is 0 Å². The maximum Gasteiger partial charge on any atom is 0.334 e. The Labute approximate surface area is 147 Å². The second kappa shape index (κ2) is 4.06. The lowest BCUT2D eigenvalue weighted by Crippen LogP contribution is -2.66. The van der Waals surface area contributed by atoms with Crippen molar-refractivity contribution < 1.29 is 15.0 Å². The number of hydrogen-bond acceptors (Lipinski definition) is 2. The van der Waals surface area contributed by atoms with Crippen molar-refractivity contribution in [1.82, 2.24) is 4.98 Å². The van der Waals surface area contributed by atoms with E-state index < -0.39 is 17.5 Å². The molecular weight excluding hydrogens is 314 g/mol. The summed E-state index contributed by atoms with van der Waals surface area (Å²) in [5, 5.41) is 21.5. The van der Waals surface area contributed by atoms with Gasteiger partial charge in [0.2, 0.25) is 0 Å². The quantitative estimate of drug-likeness (QED) is 0.826. The van der Waals surface area contributed by atoms with E-state index >= 15 is 0 Å². The van der Waals surface area contributed by atoms with E-state index in [2.05, 4.69) is 18.0 Å². The summed E-state index contributed by atoms with van der Waals surface area (Å²) in [7, 11) is 0. The van der Waals surface area contributed by atoms with Crippen LogP contribution in [0.4, 0.5) is 0 Å². The van der Waals surface area contributed by atoms with Crippen LogP contribution in [0, 0.1) is 22.7 Å². The Bertz CT molecular complexity index is 853. The first-order chi connectivity index (χ1) is 12.0. The third-order valence-electron chi connectivity index (χ3n) is 9.13. The van der Waals surface area contributed by atoms with Crippen LogP contribution in [0.25, 0.3) is 0 Å². The van der Waals surface area contributed by atoms with Crippen molar-refractivity contribution >= 4 is 5.97 Å². The van der Waals surface area contributed by atoms with Gasteiger partial charge in [0, 0.05) is 10.8 Å². The summed E-state index contributed by atoms with van der Waals surface area (Å²) >= 11 is 0. The number of rotatable bonds is 1. The molecule has 25 heavy (non-hydrogen) atoms. The Kier molecular flexibility index (Phi) is 2.37. The van der Waals surface area contributed by atoms with Crippen LogP contribution < -0.4 is 4.98 Å². The van der Waals surface area contributed by atoms with Gasteiger partial charge in [-0.15, -0.1) is 0 Å². The molecule has 5 aliphatic carbocycles. The van der Waals surface area contributed by atoms with Crippen LogP contribution in [0.15, 0.2) is 23.4 Å². The molecule has 5 aliphatic rings. The van der Waals surface area contributed by atoms with Gasteiger partial charge in [0.05, 0.1) is 11.7 Å². The fourth-order valence-corrected chi connectivity index (χ4v) is 8.75. The minimum Gasteiger partial charge on any atom is -0.667 e. The van der Waals surface area contributed by atoms with Crippen LogP contribution in [0.3, 0.4) is 0 Å². The third kappa shape index (κ3) is 1.17. The van der Waals surface area contributed by atoms with E-state index in [1.54, 1.807) is 0 Å². The second-order valence-electron chi connectivity index (χ2n) is 9.35. The number of carboxylic acid groups (broad SMARTS) is 1. The lowest BCUT2D eigenvalue weighted by Gasteiger charge is -2.68. The highest BCUT2D eigenvalue weighted by Gasteiger charge is 2.80. The Hall–Kier alpha value is -1.55. The first-order valence-corrected chi connectivity index (χ1v) is 9.74. The zero-order chi connectivity index (χ0) is 17.2. The van der Waals surface area contributed by atoms with Crippen molar-refractivity contribution in [3.05, 3.63) is 34.7 Å². The zero-order valence-electron chi connectivity index (χ0n) is 14.6. The highest BCUT2D eigenvalue weighted by Crippen LogP contribution is 2.83. The molecule has 3 saturated carbocycles. The summed E-state index contributed by atoms with van der Waals surface area (Å²) in [6, 6.07) is 2.08. The summed E-state index contributed by atoms with van der Waals surface area (Å²) in [6.45, 7) is 2.39. The molecule has 4 nitrogen and oxygen atoms in total. The third-order valence-corrected chi connectivity index (χ3v) is 9.13. The molecule has 1 spiro atoms. The van der Waals surface area contributed by atoms with E-state index in [1.807, 2.05) is 6.20 Å². The smallest absolute Gasteiger partial charge is 0.334 e. The summed E-state index contributed by atoms with van der Waals surface area (Å²) < 4.78 is 0. The molecular formula is C21H24NO3-. The monoisotopic (exact) mass is 338 g/mol. The van der Waals surface area contributed by atoms with E-state index in [1.165, 1.54) is 24.8 Å². The molecule has 4 heteroatoms. The summed E-state index contributed by atoms with van der Waals surface area (Å²) in [5.41, 5.74) is 3.18. The molecule has 0 aromatic carbocycles. The molecule has 2 N–H and O–H groups in total. The molecule has 1 aromatic rings. The van der Waals surface area contributed by atoms with E-state index in [0.29, 0.717) is 17.4 Å². The number of aliphatic hydroxyl groups is 1. The lowest BCUT2D eigenvalue weighted by atomic mass is 9.36. The van der Waals surface area contributed by atoms with E-state index in [0.717, 1.165) is 37.0 Å². The van der Waals surface area contributed by atoms with Crippen molar-refractivity contribution in [2.45, 2.75) is 63.4 Å². The lowest BCUT2D eigenvalue weighted by molar-refractivity contribution is -0.146. The molecule has 3 fully saturated rings. The highest BCUT2D eigenvalue weighted by atomic mass is 16.4. The Morgan fingerprint density at radius 2 is 2.08 bits per heavy atom. The Morgan fingerprint density at radius 1 is 1.28 bits per heavy atom. The average molecular weight is 338 g/mol. The number of allylic oxidation sites excluding steroid dienone is 1. The van der Waals surface area contributed by atoms with Crippen LogP contribution in [0.2, 0.25) is 0 Å². The number of carbonyl (C=O) groups is 1. The van der Waals surface area contributed by atoms with E-state index in [9.17, 15) is 15.0 Å². The van der Waals surface area contributed by atoms with Crippen LogP contribution in [0.1, 0.15) is 56.7 Å². The average Bonchev–Trinajstić information content (AvgIpc) is 3.13. The molecule has 2 bridgehead atoms. The van der Waals surface area contributed by atoms with Crippen LogP contribution in [0.5, 0.6) is 0 Å². The molecule has 0 saturated heterocycles. The van der Waals surface area contributed by atoms with Gasteiger partial charge in [-0.25, -0.2) is 4.79 Å². The normalized spacial score (nSPS) is 49.1. The van der Waals surface area contributed by atoms with Gasteiger partial charge in [-0.1, -0.05) is 25.0 Å². The molecule has 0 aliphatic heterocycles. The van der Waals surface area contributed by atoms with Crippen molar-refractivity contribution in [3.8, 4) is 0 Å². The number of nitrogens with zero attached hydrogens (tertiary/aromatic N) is 1. The van der Waals surface area contributed by atoms with Gasteiger partial charge in [0.25, 0.3) is 0 Å². The molecule has 0 radical (unpaired) electrons. The summed E-state index contributed by atoms with van der Waals surface area (Å²) in [6.07, 6.45) is 8.34. The molecule has 1 aromatic heterocycles. The van der Waals surface area contributed by atoms with Gasteiger partial charge in [-0.2, -0.15) is 11.9 Å². The van der Waals surface area contributed by atoms with Gasteiger partial charge >= 0.3 is 5.97 Å². The number of carboxylic acids is 1. The second-order valence-corrected chi connectivity index (χ2v) is 9.35. The van der Waals surface area contributed by atoms with Gasteiger partial charge in [-0.3, -0.25) is 0 Å². The zero-order valence-corrected chi connectivity index (χ0v) is 14.6. The van der Waals surface area contributed by atoms with Gasteiger partial charge in [0.15, 0.2) is 0 Å². The van der Waals surface area contributed by atoms with Gasteiger partial charge in [0.1, 0.15) is 0 Å². The van der Waals surface area contributed by atoms with Crippen LogP contribution in [-0.4, -0.2) is 22.3 Å². The van der Waals surface area contributed by atoms with Crippen molar-refractivity contribution in [2.75, 3.05) is 0 Å². The van der Waals surface area contributed by atoms with Crippen LogP contribution >= 0.6 is 0 Å². The molecule has 0 amide bonds. The molecule has 6 atom stereocenters. The van der Waals surface area contributed by atoms with Gasteiger partial charge < -0.3 is 15.2 Å². The number of hydrogen-bond donors (Lipinski definition) is 2.